The molecule has 5 N–H and O–H groups in total. The Morgan fingerprint density at radius 1 is 1.50 bits per heavy atom. The lowest BCUT2D eigenvalue weighted by atomic mass is 10.2. The fourth-order valence-corrected chi connectivity index (χ4v) is 1.62. The number of nitrogens with two attached hydrogens (primary N) is 1. The van der Waals surface area contributed by atoms with Crippen LogP contribution in [-0.2, 0) is 23.1 Å². The van der Waals surface area contributed by atoms with Gasteiger partial charge in [-0.15, -0.1) is 0 Å². The van der Waals surface area contributed by atoms with Gasteiger partial charge in [0.2, 0.25) is 5.91 Å². The summed E-state index contributed by atoms with van der Waals surface area (Å²) in [7, 11) is 1.70. The van der Waals surface area contributed by atoms with E-state index in [1.54, 1.807) is 13.2 Å². The first-order chi connectivity index (χ1) is 9.33. The number of nitrogens with zero attached hydrogens (tertiary/aromatic N) is 2. The van der Waals surface area contributed by atoms with Crippen LogP contribution < -0.4 is 16.4 Å². The maximum absolute atomic E-state index is 11.7. The molecule has 1 heterocycles. The van der Waals surface area contributed by atoms with Gasteiger partial charge in [0, 0.05) is 13.2 Å². The largest absolute Gasteiger partial charge is 0.480 e. The number of aliphatic carboxylic acids is 1. The first kappa shape index (κ1) is 15.5. The number of aryl methyl sites for hydroxylation is 2. The number of hydrogen-bond acceptors (Lipinski definition) is 4. The summed E-state index contributed by atoms with van der Waals surface area (Å²) in [6.07, 6.45) is 1.73. The molecule has 0 fully saturated rings. The van der Waals surface area contributed by atoms with E-state index in [4.69, 9.17) is 10.8 Å². The SMILES string of the molecule is CCc1nn(C)cc1NC(=O)N[C@@H](CC(N)=O)C(=O)O. The number of rotatable bonds is 6. The van der Waals surface area contributed by atoms with Crippen molar-refractivity contribution in [3.63, 3.8) is 0 Å². The van der Waals surface area contributed by atoms with E-state index in [0.717, 1.165) is 0 Å². The summed E-state index contributed by atoms with van der Waals surface area (Å²) in [6.45, 7) is 1.87. The van der Waals surface area contributed by atoms with Gasteiger partial charge >= 0.3 is 12.0 Å². The Kier molecular flexibility index (Phi) is 5.07. The second-order valence-electron chi connectivity index (χ2n) is 4.18. The minimum atomic E-state index is -1.37. The topological polar surface area (TPSA) is 139 Å². The zero-order chi connectivity index (χ0) is 15.3. The van der Waals surface area contributed by atoms with Crippen molar-refractivity contribution in [2.75, 3.05) is 5.32 Å². The van der Waals surface area contributed by atoms with Crippen molar-refractivity contribution in [1.82, 2.24) is 15.1 Å². The van der Waals surface area contributed by atoms with E-state index in [-0.39, 0.29) is 0 Å². The monoisotopic (exact) mass is 283 g/mol. The van der Waals surface area contributed by atoms with Crippen molar-refractivity contribution < 1.29 is 19.5 Å². The van der Waals surface area contributed by atoms with E-state index in [2.05, 4.69) is 15.7 Å². The molecule has 0 saturated carbocycles. The number of nitrogens with one attached hydrogen (secondary N) is 2. The van der Waals surface area contributed by atoms with Gasteiger partial charge in [0.15, 0.2) is 0 Å². The number of carboxylic acids is 1. The molecule has 110 valence electrons. The molecule has 0 aromatic carbocycles. The van der Waals surface area contributed by atoms with Gasteiger partial charge in [-0.05, 0) is 6.42 Å². The summed E-state index contributed by atoms with van der Waals surface area (Å²) >= 11 is 0. The van der Waals surface area contributed by atoms with Gasteiger partial charge in [-0.25, -0.2) is 9.59 Å². The van der Waals surface area contributed by atoms with E-state index in [0.29, 0.717) is 17.8 Å². The molecule has 1 atom stereocenters. The van der Waals surface area contributed by atoms with Crippen molar-refractivity contribution in [3.8, 4) is 0 Å². The van der Waals surface area contributed by atoms with E-state index in [1.807, 2.05) is 6.92 Å². The Bertz CT molecular complexity index is 525. The van der Waals surface area contributed by atoms with Gasteiger partial charge in [-0.2, -0.15) is 5.10 Å². The quantitative estimate of drug-likeness (QED) is 0.553. The van der Waals surface area contributed by atoms with Crippen LogP contribution in [0.15, 0.2) is 6.20 Å². The van der Waals surface area contributed by atoms with Gasteiger partial charge in [0.1, 0.15) is 6.04 Å². The van der Waals surface area contributed by atoms with Gasteiger partial charge in [0.25, 0.3) is 0 Å². The summed E-state index contributed by atoms with van der Waals surface area (Å²) in [5.41, 5.74) is 6.07. The standard InChI is InChI=1S/C11H17N5O4/c1-3-6-8(5-16(2)15-6)14-11(20)13-7(10(18)19)4-9(12)17/h5,7H,3-4H2,1-2H3,(H2,12,17)(H,18,19)(H2,13,14,20)/t7-/m0/s1. The van der Waals surface area contributed by atoms with Crippen LogP contribution in [-0.4, -0.2) is 38.8 Å². The van der Waals surface area contributed by atoms with Crippen LogP contribution in [0.3, 0.4) is 0 Å². The highest BCUT2D eigenvalue weighted by Crippen LogP contribution is 2.13. The number of amides is 3. The van der Waals surface area contributed by atoms with Crippen LogP contribution in [0.25, 0.3) is 0 Å². The summed E-state index contributed by atoms with van der Waals surface area (Å²) in [5, 5.41) is 17.7. The Balaban J connectivity index is 2.70. The number of carbonyl (C=O) groups excluding carboxylic acids is 2. The normalized spacial score (nSPS) is 11.7. The molecule has 0 saturated heterocycles. The highest BCUT2D eigenvalue weighted by Gasteiger charge is 2.22. The Hall–Kier alpha value is -2.58. The Morgan fingerprint density at radius 3 is 2.65 bits per heavy atom. The second kappa shape index (κ2) is 6.55. The average molecular weight is 283 g/mol. The number of carboxylic acid groups (broad SMARTS) is 1. The number of carbonyl (C=O) groups is 3. The van der Waals surface area contributed by atoms with Crippen LogP contribution in [0.5, 0.6) is 0 Å². The smallest absolute Gasteiger partial charge is 0.326 e. The highest BCUT2D eigenvalue weighted by atomic mass is 16.4. The van der Waals surface area contributed by atoms with Crippen LogP contribution in [0.1, 0.15) is 19.0 Å². The molecule has 0 radical (unpaired) electrons. The number of aromatic nitrogens is 2. The highest BCUT2D eigenvalue weighted by molar-refractivity contribution is 5.94. The van der Waals surface area contributed by atoms with Crippen LogP contribution in [0.2, 0.25) is 0 Å². The third-order valence-electron chi connectivity index (χ3n) is 2.50. The number of anilines is 1. The van der Waals surface area contributed by atoms with Gasteiger partial charge < -0.3 is 21.5 Å². The van der Waals surface area contributed by atoms with Crippen molar-refractivity contribution in [2.24, 2.45) is 12.8 Å². The second-order valence-corrected chi connectivity index (χ2v) is 4.18. The number of hydrogen-bond donors (Lipinski definition) is 4. The first-order valence-corrected chi connectivity index (χ1v) is 5.94. The molecular formula is C11H17N5O4. The molecule has 20 heavy (non-hydrogen) atoms. The number of urea groups is 1. The summed E-state index contributed by atoms with van der Waals surface area (Å²) in [6, 6.07) is -2.10. The molecule has 9 heteroatoms. The van der Waals surface area contributed by atoms with Crippen molar-refractivity contribution in [2.45, 2.75) is 25.8 Å². The number of primary amides is 1. The third-order valence-corrected chi connectivity index (χ3v) is 2.50. The predicted molar refractivity (Wildman–Crippen MR) is 70.0 cm³/mol. The van der Waals surface area contributed by atoms with Crippen LogP contribution in [0.4, 0.5) is 10.5 Å². The van der Waals surface area contributed by atoms with Crippen molar-refractivity contribution in [1.29, 1.82) is 0 Å². The van der Waals surface area contributed by atoms with Crippen LogP contribution >= 0.6 is 0 Å². The third kappa shape index (κ3) is 4.26. The fourth-order valence-electron chi connectivity index (χ4n) is 1.62. The predicted octanol–water partition coefficient (Wildman–Crippen LogP) is -0.567. The molecule has 1 rings (SSSR count). The molecule has 0 bridgehead atoms. The minimum Gasteiger partial charge on any atom is -0.480 e. The zero-order valence-corrected chi connectivity index (χ0v) is 11.2. The van der Waals surface area contributed by atoms with E-state index < -0.39 is 30.4 Å². The minimum absolute atomic E-state index is 0.476. The first-order valence-electron chi connectivity index (χ1n) is 5.94. The lowest BCUT2D eigenvalue weighted by molar-refractivity contribution is -0.140. The van der Waals surface area contributed by atoms with Crippen molar-refractivity contribution in [3.05, 3.63) is 11.9 Å². The van der Waals surface area contributed by atoms with Gasteiger partial charge in [-0.1, -0.05) is 6.92 Å². The molecule has 0 spiro atoms. The van der Waals surface area contributed by atoms with Crippen molar-refractivity contribution >= 4 is 23.6 Å². The van der Waals surface area contributed by atoms with E-state index in [9.17, 15) is 14.4 Å². The molecule has 0 aliphatic heterocycles. The maximum atomic E-state index is 11.7. The van der Waals surface area contributed by atoms with Gasteiger partial charge in [-0.3, -0.25) is 9.48 Å². The molecule has 0 aliphatic rings. The Morgan fingerprint density at radius 2 is 2.15 bits per heavy atom. The molecule has 3 amide bonds. The lowest BCUT2D eigenvalue weighted by Crippen LogP contribution is -2.45. The van der Waals surface area contributed by atoms with E-state index >= 15 is 0 Å². The summed E-state index contributed by atoms with van der Waals surface area (Å²) < 4.78 is 1.53. The molecular weight excluding hydrogens is 266 g/mol. The average Bonchev–Trinajstić information content (AvgIpc) is 2.67. The Labute approximate surface area is 115 Å². The lowest BCUT2D eigenvalue weighted by Gasteiger charge is -2.13. The molecule has 9 nitrogen and oxygen atoms in total. The van der Waals surface area contributed by atoms with Gasteiger partial charge in [0.05, 0.1) is 17.8 Å². The summed E-state index contributed by atoms with van der Waals surface area (Å²) in [4.78, 5) is 33.3. The zero-order valence-electron chi connectivity index (χ0n) is 11.2. The van der Waals surface area contributed by atoms with E-state index in [1.165, 1.54) is 4.68 Å². The molecule has 0 unspecified atom stereocenters. The summed E-state index contributed by atoms with van der Waals surface area (Å²) in [5.74, 6) is -2.14. The molecule has 0 aliphatic carbocycles. The van der Waals surface area contributed by atoms with Crippen LogP contribution in [0, 0.1) is 0 Å². The fraction of sp³-hybridized carbons (Fsp3) is 0.455. The molecule has 1 aromatic heterocycles. The molecule has 1 aromatic rings. The maximum Gasteiger partial charge on any atom is 0.326 e.